The summed E-state index contributed by atoms with van der Waals surface area (Å²) in [6.07, 6.45) is 6.38. The molecule has 1 aromatic heterocycles. The first-order chi connectivity index (χ1) is 6.90. The number of aryl methyl sites for hydroxylation is 1. The molecule has 14 heavy (non-hydrogen) atoms. The fourth-order valence-electron chi connectivity index (χ4n) is 1.55. The first-order valence-corrected chi connectivity index (χ1v) is 5.15. The van der Waals surface area contributed by atoms with Crippen LogP contribution in [0, 0.1) is 0 Å². The molecular formula is C10H17N3O. The maximum absolute atomic E-state index is 5.13. The number of aromatic nitrogens is 2. The second kappa shape index (κ2) is 4.57. The minimum Gasteiger partial charge on any atom is -0.377 e. The van der Waals surface area contributed by atoms with Gasteiger partial charge in [0.25, 0.3) is 0 Å². The molecule has 0 unspecified atom stereocenters. The van der Waals surface area contributed by atoms with Gasteiger partial charge in [0.05, 0.1) is 25.5 Å². The Balaban J connectivity index is 1.83. The van der Waals surface area contributed by atoms with Crippen molar-refractivity contribution in [1.82, 2.24) is 15.1 Å². The standard InChI is InChI=1S/C10H17N3O/c1-11-4-2-3-9-5-12-13(6-9)10-7-14-8-10/h5-6,10-11H,2-4,7-8H2,1H3. The van der Waals surface area contributed by atoms with Gasteiger partial charge in [-0.2, -0.15) is 5.10 Å². The van der Waals surface area contributed by atoms with Crippen molar-refractivity contribution >= 4 is 0 Å². The average Bonchev–Trinajstić information content (AvgIpc) is 2.51. The predicted molar refractivity (Wildman–Crippen MR) is 54.3 cm³/mol. The number of ether oxygens (including phenoxy) is 1. The molecule has 2 rings (SSSR count). The molecule has 1 fully saturated rings. The van der Waals surface area contributed by atoms with Crippen molar-refractivity contribution < 1.29 is 4.74 Å². The lowest BCUT2D eigenvalue weighted by Crippen LogP contribution is -2.30. The van der Waals surface area contributed by atoms with Crippen molar-refractivity contribution in [3.05, 3.63) is 18.0 Å². The summed E-state index contributed by atoms with van der Waals surface area (Å²) < 4.78 is 7.15. The Kier molecular flexibility index (Phi) is 3.16. The van der Waals surface area contributed by atoms with Crippen LogP contribution in [0.2, 0.25) is 0 Å². The molecule has 2 heterocycles. The third-order valence-corrected chi connectivity index (χ3v) is 2.54. The molecule has 4 nitrogen and oxygen atoms in total. The molecule has 1 saturated heterocycles. The van der Waals surface area contributed by atoms with Gasteiger partial charge in [-0.3, -0.25) is 4.68 Å². The number of hydrogen-bond donors (Lipinski definition) is 1. The van der Waals surface area contributed by atoms with Crippen LogP contribution in [0.1, 0.15) is 18.0 Å². The third-order valence-electron chi connectivity index (χ3n) is 2.54. The molecule has 0 bridgehead atoms. The monoisotopic (exact) mass is 195 g/mol. The molecule has 1 aliphatic rings. The lowest BCUT2D eigenvalue weighted by molar-refractivity contribution is -0.0286. The van der Waals surface area contributed by atoms with Crippen molar-refractivity contribution in [3.8, 4) is 0 Å². The van der Waals surface area contributed by atoms with E-state index in [9.17, 15) is 0 Å². The fourth-order valence-corrected chi connectivity index (χ4v) is 1.55. The largest absolute Gasteiger partial charge is 0.377 e. The van der Waals surface area contributed by atoms with Crippen LogP contribution in [0.4, 0.5) is 0 Å². The van der Waals surface area contributed by atoms with E-state index in [2.05, 4.69) is 16.6 Å². The van der Waals surface area contributed by atoms with Gasteiger partial charge in [-0.15, -0.1) is 0 Å². The molecule has 0 amide bonds. The highest BCUT2D eigenvalue weighted by Crippen LogP contribution is 2.16. The van der Waals surface area contributed by atoms with Crippen molar-refractivity contribution in [2.75, 3.05) is 26.8 Å². The molecule has 0 radical (unpaired) electrons. The molecule has 4 heteroatoms. The molecule has 0 aromatic carbocycles. The van der Waals surface area contributed by atoms with E-state index in [4.69, 9.17) is 4.74 Å². The zero-order valence-electron chi connectivity index (χ0n) is 8.57. The molecule has 1 N–H and O–H groups in total. The van der Waals surface area contributed by atoms with Gasteiger partial charge >= 0.3 is 0 Å². The van der Waals surface area contributed by atoms with E-state index in [1.54, 1.807) is 0 Å². The molecule has 1 aliphatic heterocycles. The first-order valence-electron chi connectivity index (χ1n) is 5.15. The quantitative estimate of drug-likeness (QED) is 0.700. The molecule has 78 valence electrons. The molecule has 1 aromatic rings. The SMILES string of the molecule is CNCCCc1cnn(C2COC2)c1. The summed E-state index contributed by atoms with van der Waals surface area (Å²) in [6.45, 7) is 2.70. The third kappa shape index (κ3) is 2.13. The van der Waals surface area contributed by atoms with Gasteiger partial charge in [0.1, 0.15) is 0 Å². The van der Waals surface area contributed by atoms with Gasteiger partial charge in [-0.1, -0.05) is 0 Å². The van der Waals surface area contributed by atoms with Crippen LogP contribution in [-0.2, 0) is 11.2 Å². The molecule has 0 spiro atoms. The highest BCUT2D eigenvalue weighted by atomic mass is 16.5. The Bertz CT molecular complexity index is 281. The van der Waals surface area contributed by atoms with Gasteiger partial charge in [0, 0.05) is 6.20 Å². The summed E-state index contributed by atoms with van der Waals surface area (Å²) in [5.74, 6) is 0. The van der Waals surface area contributed by atoms with Crippen LogP contribution in [0.3, 0.4) is 0 Å². The second-order valence-corrected chi connectivity index (χ2v) is 3.73. The van der Waals surface area contributed by atoms with Gasteiger partial charge in [-0.05, 0) is 32.0 Å². The second-order valence-electron chi connectivity index (χ2n) is 3.73. The molecule has 0 saturated carbocycles. The van der Waals surface area contributed by atoms with Crippen molar-refractivity contribution in [2.24, 2.45) is 0 Å². The Morgan fingerprint density at radius 3 is 3.14 bits per heavy atom. The smallest absolute Gasteiger partial charge is 0.0985 e. The number of rotatable bonds is 5. The summed E-state index contributed by atoms with van der Waals surface area (Å²) in [6, 6.07) is 0.480. The summed E-state index contributed by atoms with van der Waals surface area (Å²) in [5, 5.41) is 7.48. The van der Waals surface area contributed by atoms with Crippen LogP contribution >= 0.6 is 0 Å². The van der Waals surface area contributed by atoms with Crippen molar-refractivity contribution in [3.63, 3.8) is 0 Å². The van der Waals surface area contributed by atoms with Crippen molar-refractivity contribution in [1.29, 1.82) is 0 Å². The highest BCUT2D eigenvalue weighted by Gasteiger charge is 2.20. The van der Waals surface area contributed by atoms with E-state index in [1.807, 2.05) is 17.9 Å². The molecule has 0 aliphatic carbocycles. The van der Waals surface area contributed by atoms with E-state index in [0.29, 0.717) is 6.04 Å². The van der Waals surface area contributed by atoms with E-state index in [-0.39, 0.29) is 0 Å². The van der Waals surface area contributed by atoms with Crippen LogP contribution in [0.25, 0.3) is 0 Å². The predicted octanol–water partition coefficient (Wildman–Crippen LogP) is 0.606. The Hall–Kier alpha value is -0.870. The molecule has 0 atom stereocenters. The zero-order chi connectivity index (χ0) is 9.80. The molecular weight excluding hydrogens is 178 g/mol. The number of hydrogen-bond acceptors (Lipinski definition) is 3. The Labute approximate surface area is 84.3 Å². The van der Waals surface area contributed by atoms with Crippen molar-refractivity contribution in [2.45, 2.75) is 18.9 Å². The van der Waals surface area contributed by atoms with Gasteiger partial charge in [0.15, 0.2) is 0 Å². The Morgan fingerprint density at radius 2 is 2.50 bits per heavy atom. The minimum absolute atomic E-state index is 0.480. The lowest BCUT2D eigenvalue weighted by atomic mass is 10.2. The zero-order valence-corrected chi connectivity index (χ0v) is 8.57. The van der Waals surface area contributed by atoms with Gasteiger partial charge in [0.2, 0.25) is 0 Å². The maximum Gasteiger partial charge on any atom is 0.0985 e. The summed E-state index contributed by atoms with van der Waals surface area (Å²) in [4.78, 5) is 0. The van der Waals surface area contributed by atoms with Gasteiger partial charge in [-0.25, -0.2) is 0 Å². The van der Waals surface area contributed by atoms with E-state index >= 15 is 0 Å². The van der Waals surface area contributed by atoms with Crippen LogP contribution in [0.5, 0.6) is 0 Å². The van der Waals surface area contributed by atoms with E-state index in [1.165, 1.54) is 12.0 Å². The highest BCUT2D eigenvalue weighted by molar-refractivity contribution is 5.05. The van der Waals surface area contributed by atoms with Crippen LogP contribution < -0.4 is 5.32 Å². The first kappa shape index (κ1) is 9.68. The fraction of sp³-hybridized carbons (Fsp3) is 0.700. The topological polar surface area (TPSA) is 39.1 Å². The summed E-state index contributed by atoms with van der Waals surface area (Å²) >= 11 is 0. The van der Waals surface area contributed by atoms with Crippen LogP contribution in [-0.4, -0.2) is 36.6 Å². The van der Waals surface area contributed by atoms with E-state index < -0.39 is 0 Å². The maximum atomic E-state index is 5.13. The normalized spacial score (nSPS) is 16.9. The van der Waals surface area contributed by atoms with E-state index in [0.717, 1.165) is 26.2 Å². The lowest BCUT2D eigenvalue weighted by Gasteiger charge is -2.25. The Morgan fingerprint density at radius 1 is 1.64 bits per heavy atom. The average molecular weight is 195 g/mol. The number of nitrogens with zero attached hydrogens (tertiary/aromatic N) is 2. The minimum atomic E-state index is 0.480. The summed E-state index contributed by atoms with van der Waals surface area (Å²) in [5.41, 5.74) is 1.33. The van der Waals surface area contributed by atoms with Gasteiger partial charge < -0.3 is 10.1 Å². The van der Waals surface area contributed by atoms with Crippen LogP contribution in [0.15, 0.2) is 12.4 Å². The number of nitrogens with one attached hydrogen (secondary N) is 1. The summed E-state index contributed by atoms with van der Waals surface area (Å²) in [7, 11) is 1.98.